The molecule has 1 amide bonds. The molecule has 0 radical (unpaired) electrons. The van der Waals surface area contributed by atoms with E-state index in [9.17, 15) is 15.0 Å². The number of hydrogen-bond acceptors (Lipinski definition) is 5. The molecule has 6 nitrogen and oxygen atoms in total. The quantitative estimate of drug-likeness (QED) is 0.771. The zero-order valence-electron chi connectivity index (χ0n) is 13.7. The van der Waals surface area contributed by atoms with E-state index >= 15 is 0 Å². The van der Waals surface area contributed by atoms with Crippen molar-refractivity contribution in [2.75, 3.05) is 25.4 Å². The summed E-state index contributed by atoms with van der Waals surface area (Å²) < 4.78 is 0. The fourth-order valence-electron chi connectivity index (χ4n) is 4.44. The zero-order valence-corrected chi connectivity index (χ0v) is 13.7. The fraction of sp³-hybridized carbons (Fsp3) is 0.368. The predicted molar refractivity (Wildman–Crippen MR) is 92.8 cm³/mol. The molecule has 4 N–H and O–H groups in total. The van der Waals surface area contributed by atoms with E-state index < -0.39 is 11.5 Å². The molecule has 2 aromatic rings. The highest BCUT2D eigenvalue weighted by Crippen LogP contribution is 2.68. The Morgan fingerprint density at radius 1 is 1.28 bits per heavy atom. The van der Waals surface area contributed by atoms with Gasteiger partial charge in [0.05, 0.1) is 11.7 Å². The van der Waals surface area contributed by atoms with E-state index in [1.807, 2.05) is 30.3 Å². The first kappa shape index (κ1) is 16.1. The molecule has 0 bridgehead atoms. The molecule has 1 saturated carbocycles. The predicted octanol–water partition coefficient (Wildman–Crippen LogP) is 0.873. The van der Waals surface area contributed by atoms with Crippen LogP contribution in [0.5, 0.6) is 0 Å². The maximum atomic E-state index is 12.7. The fourth-order valence-corrected chi connectivity index (χ4v) is 4.44. The number of amides is 1. The first-order chi connectivity index (χ1) is 12.1. The summed E-state index contributed by atoms with van der Waals surface area (Å²) in [6, 6.07) is 13.1. The van der Waals surface area contributed by atoms with Gasteiger partial charge in [-0.2, -0.15) is 0 Å². The molecule has 4 atom stereocenters. The molecule has 25 heavy (non-hydrogen) atoms. The summed E-state index contributed by atoms with van der Waals surface area (Å²) in [5.74, 6) is 0.225. The van der Waals surface area contributed by atoms with E-state index in [1.165, 1.54) is 6.20 Å². The Morgan fingerprint density at radius 3 is 2.68 bits per heavy atom. The maximum Gasteiger partial charge on any atom is 0.255 e. The third-order valence-corrected chi connectivity index (χ3v) is 5.72. The molecule has 1 spiro atoms. The van der Waals surface area contributed by atoms with Crippen LogP contribution in [0.25, 0.3) is 0 Å². The van der Waals surface area contributed by atoms with Crippen LogP contribution >= 0.6 is 0 Å². The molecule has 2 fully saturated rings. The summed E-state index contributed by atoms with van der Waals surface area (Å²) >= 11 is 0. The second-order valence-electron chi connectivity index (χ2n) is 6.96. The number of nitrogens with two attached hydrogens (primary N) is 1. The Kier molecular flexibility index (Phi) is 3.74. The number of pyridine rings is 1. The molecule has 6 heteroatoms. The molecular formula is C19H21N3O3. The minimum absolute atomic E-state index is 0.00206. The summed E-state index contributed by atoms with van der Waals surface area (Å²) in [5.41, 5.74) is 6.66. The summed E-state index contributed by atoms with van der Waals surface area (Å²) in [5, 5.41) is 20.5. The van der Waals surface area contributed by atoms with Crippen LogP contribution in [0.15, 0.2) is 48.7 Å². The van der Waals surface area contributed by atoms with E-state index in [-0.39, 0.29) is 30.9 Å². The number of nitrogen functional groups attached to an aromatic ring is 1. The number of rotatable bonds is 3. The molecule has 4 rings (SSSR count). The van der Waals surface area contributed by atoms with Crippen LogP contribution in [0.3, 0.4) is 0 Å². The lowest BCUT2D eigenvalue weighted by Crippen LogP contribution is -2.29. The number of likely N-dealkylation sites (tertiary alicyclic amines) is 1. The summed E-state index contributed by atoms with van der Waals surface area (Å²) in [4.78, 5) is 18.3. The zero-order chi connectivity index (χ0) is 17.6. The van der Waals surface area contributed by atoms with Gasteiger partial charge >= 0.3 is 0 Å². The van der Waals surface area contributed by atoms with Gasteiger partial charge in [-0.05, 0) is 29.5 Å². The Morgan fingerprint density at radius 2 is 2.04 bits per heavy atom. The van der Waals surface area contributed by atoms with E-state index in [0.717, 1.165) is 5.56 Å². The van der Waals surface area contributed by atoms with Crippen molar-refractivity contribution in [2.45, 2.75) is 12.0 Å². The van der Waals surface area contributed by atoms with Crippen LogP contribution in [0.4, 0.5) is 5.82 Å². The standard InChI is InChI=1S/C19H21N3O3/c20-16-7-6-13(8-21-16)18(25)22-9-15(24)19(11-22)14(10-23)17(19)12-4-2-1-3-5-12/h1-8,14-15,17,23-24H,9-11H2,(H2,20,21)/t14-,15-,17-,19-/m1/s1. The number of anilines is 1. The highest BCUT2D eigenvalue weighted by atomic mass is 16.3. The smallest absolute Gasteiger partial charge is 0.255 e. The van der Waals surface area contributed by atoms with Gasteiger partial charge in [0.25, 0.3) is 5.91 Å². The van der Waals surface area contributed by atoms with Crippen LogP contribution in [-0.4, -0.2) is 51.8 Å². The molecule has 1 aromatic heterocycles. The third-order valence-electron chi connectivity index (χ3n) is 5.72. The lowest BCUT2D eigenvalue weighted by molar-refractivity contribution is 0.0763. The van der Waals surface area contributed by atoms with Gasteiger partial charge in [0, 0.05) is 31.3 Å². The SMILES string of the molecule is Nc1ccc(C(=O)N2C[C@@H](O)[C@@]3(C2)[C@H](CO)[C@H]3c2ccccc2)cn1. The maximum absolute atomic E-state index is 12.7. The summed E-state index contributed by atoms with van der Waals surface area (Å²) in [6.45, 7) is 0.702. The van der Waals surface area contributed by atoms with Crippen molar-refractivity contribution in [3.63, 3.8) is 0 Å². The number of aromatic nitrogens is 1. The Bertz CT molecular complexity index is 780. The van der Waals surface area contributed by atoms with Gasteiger partial charge in [0.1, 0.15) is 5.82 Å². The van der Waals surface area contributed by atoms with E-state index in [1.54, 1.807) is 17.0 Å². The lowest BCUT2D eigenvalue weighted by Gasteiger charge is -2.16. The van der Waals surface area contributed by atoms with Crippen molar-refractivity contribution in [1.82, 2.24) is 9.88 Å². The van der Waals surface area contributed by atoms with Gasteiger partial charge in [-0.15, -0.1) is 0 Å². The van der Waals surface area contributed by atoms with Crippen LogP contribution < -0.4 is 5.73 Å². The molecule has 2 heterocycles. The summed E-state index contributed by atoms with van der Waals surface area (Å²) in [7, 11) is 0. The molecule has 1 aliphatic carbocycles. The topological polar surface area (TPSA) is 99.7 Å². The number of hydrogen-bond donors (Lipinski definition) is 3. The number of aliphatic hydroxyl groups is 2. The Labute approximate surface area is 145 Å². The molecule has 2 aliphatic rings. The number of carbonyl (C=O) groups excluding carboxylic acids is 1. The third kappa shape index (κ3) is 2.41. The van der Waals surface area contributed by atoms with Crippen molar-refractivity contribution in [3.8, 4) is 0 Å². The van der Waals surface area contributed by atoms with Gasteiger partial charge in [0.15, 0.2) is 0 Å². The van der Waals surface area contributed by atoms with Gasteiger partial charge in [-0.25, -0.2) is 4.98 Å². The van der Waals surface area contributed by atoms with Gasteiger partial charge in [0.2, 0.25) is 0 Å². The first-order valence-corrected chi connectivity index (χ1v) is 8.42. The van der Waals surface area contributed by atoms with E-state index in [4.69, 9.17) is 5.73 Å². The highest BCUT2D eigenvalue weighted by molar-refractivity contribution is 5.94. The molecule has 1 aromatic carbocycles. The Hall–Kier alpha value is -2.44. The summed E-state index contributed by atoms with van der Waals surface area (Å²) in [6.07, 6.45) is 0.806. The van der Waals surface area contributed by atoms with Crippen LogP contribution in [0.1, 0.15) is 21.8 Å². The van der Waals surface area contributed by atoms with E-state index in [2.05, 4.69) is 4.98 Å². The van der Waals surface area contributed by atoms with Gasteiger partial charge < -0.3 is 20.8 Å². The van der Waals surface area contributed by atoms with Gasteiger partial charge in [-0.1, -0.05) is 30.3 Å². The minimum Gasteiger partial charge on any atom is -0.396 e. The van der Waals surface area contributed by atoms with Crippen molar-refractivity contribution >= 4 is 11.7 Å². The first-order valence-electron chi connectivity index (χ1n) is 8.42. The van der Waals surface area contributed by atoms with Crippen molar-refractivity contribution < 1.29 is 15.0 Å². The van der Waals surface area contributed by atoms with Crippen molar-refractivity contribution in [3.05, 3.63) is 59.8 Å². The van der Waals surface area contributed by atoms with E-state index in [0.29, 0.717) is 17.9 Å². The number of benzene rings is 1. The van der Waals surface area contributed by atoms with Crippen LogP contribution in [0, 0.1) is 11.3 Å². The minimum atomic E-state index is -0.652. The Balaban J connectivity index is 1.59. The highest BCUT2D eigenvalue weighted by Gasteiger charge is 2.71. The van der Waals surface area contributed by atoms with Crippen LogP contribution in [-0.2, 0) is 0 Å². The average Bonchev–Trinajstić information content (AvgIpc) is 3.17. The largest absolute Gasteiger partial charge is 0.396 e. The molecule has 0 unspecified atom stereocenters. The number of aliphatic hydroxyl groups excluding tert-OH is 2. The van der Waals surface area contributed by atoms with Gasteiger partial charge in [-0.3, -0.25) is 4.79 Å². The molecule has 1 aliphatic heterocycles. The second-order valence-corrected chi connectivity index (χ2v) is 6.96. The van der Waals surface area contributed by atoms with Crippen molar-refractivity contribution in [1.29, 1.82) is 0 Å². The van der Waals surface area contributed by atoms with Crippen molar-refractivity contribution in [2.24, 2.45) is 11.3 Å². The number of nitrogens with zero attached hydrogens (tertiary/aromatic N) is 2. The molecule has 1 saturated heterocycles. The number of β-amino-alcohol motifs (C(OH)–C–C–N with tert-alkyl or cyclic N) is 1. The second kappa shape index (κ2) is 5.82. The lowest BCUT2D eigenvalue weighted by atomic mass is 9.95. The number of carbonyl (C=O) groups is 1. The monoisotopic (exact) mass is 339 g/mol. The molecule has 130 valence electrons. The average molecular weight is 339 g/mol. The van der Waals surface area contributed by atoms with Crippen LogP contribution in [0.2, 0.25) is 0 Å². The molecular weight excluding hydrogens is 318 g/mol. The normalized spacial score (nSPS) is 30.6.